The molecule has 3 rings (SSSR count). The molecular formula is C14H13ClN2S2. The maximum absolute atomic E-state index is 6.19. The van der Waals surface area contributed by atoms with E-state index >= 15 is 0 Å². The van der Waals surface area contributed by atoms with E-state index in [-0.39, 0.29) is 6.04 Å². The lowest BCUT2D eigenvalue weighted by molar-refractivity contribution is 0.563. The van der Waals surface area contributed by atoms with Crippen LogP contribution in [0.3, 0.4) is 0 Å². The van der Waals surface area contributed by atoms with Gasteiger partial charge in [0.2, 0.25) is 0 Å². The first-order valence-electron chi connectivity index (χ1n) is 5.93. The minimum Gasteiger partial charge on any atom is -0.271 e. The molecule has 0 amide bonds. The van der Waals surface area contributed by atoms with Gasteiger partial charge in [0, 0.05) is 9.58 Å². The van der Waals surface area contributed by atoms with Gasteiger partial charge >= 0.3 is 0 Å². The molecule has 2 heterocycles. The Morgan fingerprint density at radius 1 is 1.21 bits per heavy atom. The summed E-state index contributed by atoms with van der Waals surface area (Å²) in [6.07, 6.45) is 0.848. The van der Waals surface area contributed by atoms with Crippen molar-refractivity contribution in [3.05, 3.63) is 56.6 Å². The molecule has 3 aromatic rings. The number of hydrazine groups is 1. The second-order valence-corrected chi connectivity index (χ2v) is 6.58. The third-order valence-corrected chi connectivity index (χ3v) is 5.63. The Morgan fingerprint density at radius 2 is 2.05 bits per heavy atom. The summed E-state index contributed by atoms with van der Waals surface area (Å²) in [6.45, 7) is 0. The van der Waals surface area contributed by atoms with Crippen LogP contribution in [0.1, 0.15) is 16.5 Å². The molecule has 0 radical (unpaired) electrons. The Morgan fingerprint density at radius 3 is 2.79 bits per heavy atom. The van der Waals surface area contributed by atoms with E-state index in [0.29, 0.717) is 0 Å². The summed E-state index contributed by atoms with van der Waals surface area (Å²) in [5.41, 5.74) is 4.19. The van der Waals surface area contributed by atoms with Crippen LogP contribution in [-0.2, 0) is 6.42 Å². The highest BCUT2D eigenvalue weighted by atomic mass is 35.5. The van der Waals surface area contributed by atoms with E-state index in [0.717, 1.165) is 16.3 Å². The zero-order valence-electron chi connectivity index (χ0n) is 10.1. The number of rotatable bonds is 4. The smallest absolute Gasteiger partial charge is 0.0609 e. The number of fused-ring (bicyclic) bond motifs is 1. The van der Waals surface area contributed by atoms with E-state index < -0.39 is 0 Å². The summed E-state index contributed by atoms with van der Waals surface area (Å²) in [6, 6.07) is 10.4. The van der Waals surface area contributed by atoms with E-state index in [1.165, 1.54) is 15.6 Å². The van der Waals surface area contributed by atoms with Crippen molar-refractivity contribution in [2.75, 3.05) is 0 Å². The average Bonchev–Trinajstić information content (AvgIpc) is 3.03. The Labute approximate surface area is 124 Å². The van der Waals surface area contributed by atoms with Crippen LogP contribution in [0.5, 0.6) is 0 Å². The molecule has 2 nitrogen and oxygen atoms in total. The fraction of sp³-hybridized carbons (Fsp3) is 0.143. The fourth-order valence-electron chi connectivity index (χ4n) is 2.19. The van der Waals surface area contributed by atoms with Crippen LogP contribution < -0.4 is 11.3 Å². The number of hydrogen-bond acceptors (Lipinski definition) is 4. The van der Waals surface area contributed by atoms with Gasteiger partial charge in [-0.2, -0.15) is 0 Å². The maximum atomic E-state index is 6.19. The number of nitrogens with one attached hydrogen (secondary N) is 1. The van der Waals surface area contributed by atoms with Gasteiger partial charge in [0.25, 0.3) is 0 Å². The molecule has 0 fully saturated rings. The van der Waals surface area contributed by atoms with Gasteiger partial charge in [-0.1, -0.05) is 29.8 Å². The van der Waals surface area contributed by atoms with Crippen LogP contribution in [0.2, 0.25) is 5.02 Å². The molecule has 0 saturated heterocycles. The van der Waals surface area contributed by atoms with Crippen molar-refractivity contribution >= 4 is 44.4 Å². The molecule has 19 heavy (non-hydrogen) atoms. The van der Waals surface area contributed by atoms with Gasteiger partial charge in [0.05, 0.1) is 11.1 Å². The molecule has 0 spiro atoms. The molecule has 1 atom stereocenters. The second-order valence-electron chi connectivity index (χ2n) is 4.31. The van der Waals surface area contributed by atoms with Crippen LogP contribution in [0.25, 0.3) is 10.1 Å². The summed E-state index contributed by atoms with van der Waals surface area (Å²) >= 11 is 9.60. The highest BCUT2D eigenvalue weighted by molar-refractivity contribution is 7.17. The lowest BCUT2D eigenvalue weighted by Gasteiger charge is -2.14. The maximum Gasteiger partial charge on any atom is 0.0609 e. The highest BCUT2D eigenvalue weighted by Gasteiger charge is 2.17. The van der Waals surface area contributed by atoms with Crippen LogP contribution in [0.4, 0.5) is 0 Å². The first-order chi connectivity index (χ1) is 9.29. The molecule has 2 aromatic heterocycles. The summed E-state index contributed by atoms with van der Waals surface area (Å²) in [5.74, 6) is 5.69. The van der Waals surface area contributed by atoms with E-state index in [2.05, 4.69) is 35.1 Å². The van der Waals surface area contributed by atoms with Crippen LogP contribution >= 0.6 is 34.3 Å². The third kappa shape index (κ3) is 2.55. The lowest BCUT2D eigenvalue weighted by atomic mass is 10.0. The molecule has 0 aliphatic carbocycles. The summed E-state index contributed by atoms with van der Waals surface area (Å²) in [4.78, 5) is 1.10. The lowest BCUT2D eigenvalue weighted by Crippen LogP contribution is -2.29. The predicted molar refractivity (Wildman–Crippen MR) is 84.9 cm³/mol. The van der Waals surface area contributed by atoms with Gasteiger partial charge < -0.3 is 0 Å². The van der Waals surface area contributed by atoms with Gasteiger partial charge in [-0.25, -0.2) is 0 Å². The van der Waals surface area contributed by atoms with Crippen molar-refractivity contribution in [1.82, 2.24) is 5.43 Å². The Bertz CT molecular complexity index is 689. The minimum atomic E-state index is 0.0607. The quantitative estimate of drug-likeness (QED) is 0.555. The molecule has 98 valence electrons. The number of halogens is 1. The van der Waals surface area contributed by atoms with E-state index in [4.69, 9.17) is 17.4 Å². The number of nitrogens with two attached hydrogens (primary N) is 1. The number of hydrogen-bond donors (Lipinski definition) is 2. The number of benzene rings is 1. The van der Waals surface area contributed by atoms with Crippen LogP contribution in [0, 0.1) is 0 Å². The van der Waals surface area contributed by atoms with Crippen molar-refractivity contribution in [3.63, 3.8) is 0 Å². The topological polar surface area (TPSA) is 38.0 Å². The average molecular weight is 309 g/mol. The molecule has 5 heteroatoms. The van der Waals surface area contributed by atoms with Crippen molar-refractivity contribution in [3.8, 4) is 0 Å². The summed E-state index contributed by atoms with van der Waals surface area (Å²) < 4.78 is 1.31. The SMILES string of the molecule is NNC(Cc1csc2ccccc12)c1sccc1Cl. The molecule has 0 saturated carbocycles. The third-order valence-electron chi connectivity index (χ3n) is 3.15. The Hall–Kier alpha value is -0.910. The molecule has 1 aromatic carbocycles. The fourth-order valence-corrected chi connectivity index (χ4v) is 4.42. The normalized spacial score (nSPS) is 12.9. The van der Waals surface area contributed by atoms with Crippen LogP contribution in [0.15, 0.2) is 41.1 Å². The summed E-state index contributed by atoms with van der Waals surface area (Å²) in [5, 5.41) is 6.29. The number of thiophene rings is 2. The zero-order valence-corrected chi connectivity index (χ0v) is 12.5. The van der Waals surface area contributed by atoms with Crippen molar-refractivity contribution in [2.45, 2.75) is 12.5 Å². The van der Waals surface area contributed by atoms with Gasteiger partial charge in [0.15, 0.2) is 0 Å². The van der Waals surface area contributed by atoms with Gasteiger partial charge in [0.1, 0.15) is 0 Å². The van der Waals surface area contributed by atoms with E-state index in [1.54, 1.807) is 22.7 Å². The van der Waals surface area contributed by atoms with Crippen LogP contribution in [-0.4, -0.2) is 0 Å². The first-order valence-corrected chi connectivity index (χ1v) is 8.07. The molecular weight excluding hydrogens is 296 g/mol. The summed E-state index contributed by atoms with van der Waals surface area (Å²) in [7, 11) is 0. The highest BCUT2D eigenvalue weighted by Crippen LogP contribution is 2.33. The zero-order chi connectivity index (χ0) is 13.2. The van der Waals surface area contributed by atoms with Crippen molar-refractivity contribution in [2.24, 2.45) is 5.84 Å². The predicted octanol–water partition coefficient (Wildman–Crippen LogP) is 4.36. The van der Waals surface area contributed by atoms with Gasteiger partial charge in [-0.3, -0.25) is 11.3 Å². The largest absolute Gasteiger partial charge is 0.271 e. The second kappa shape index (κ2) is 5.61. The molecule has 1 unspecified atom stereocenters. The minimum absolute atomic E-state index is 0.0607. The van der Waals surface area contributed by atoms with Gasteiger partial charge in [-0.05, 0) is 40.3 Å². The molecule has 0 aliphatic heterocycles. The van der Waals surface area contributed by atoms with Crippen molar-refractivity contribution < 1.29 is 0 Å². The molecule has 3 N–H and O–H groups in total. The Kier molecular flexibility index (Phi) is 3.86. The van der Waals surface area contributed by atoms with Gasteiger partial charge in [-0.15, -0.1) is 22.7 Å². The van der Waals surface area contributed by atoms with E-state index in [9.17, 15) is 0 Å². The first kappa shape index (κ1) is 13.1. The standard InChI is InChI=1S/C14H13ClN2S2/c15-11-5-6-18-14(11)12(17-16)7-9-8-19-13-4-2-1-3-10(9)13/h1-6,8,12,17H,7,16H2. The molecule has 0 aliphatic rings. The monoisotopic (exact) mass is 308 g/mol. The molecule has 0 bridgehead atoms. The Balaban J connectivity index is 1.93. The van der Waals surface area contributed by atoms with E-state index in [1.807, 2.05) is 11.4 Å². The van der Waals surface area contributed by atoms with Crippen molar-refractivity contribution in [1.29, 1.82) is 0 Å².